The van der Waals surface area contributed by atoms with Gasteiger partial charge in [-0.3, -0.25) is 0 Å². The van der Waals surface area contributed by atoms with E-state index in [-0.39, 0.29) is 5.76 Å². The summed E-state index contributed by atoms with van der Waals surface area (Å²) in [7, 11) is 0. The fraction of sp³-hybridized carbons (Fsp3) is 0.474. The molecule has 2 heteroatoms. The molecule has 0 unspecified atom stereocenters. The number of hydrogen-bond donors (Lipinski definition) is 1. The van der Waals surface area contributed by atoms with Gasteiger partial charge < -0.3 is 9.84 Å². The van der Waals surface area contributed by atoms with Crippen LogP contribution in [-0.2, 0) is 0 Å². The Morgan fingerprint density at radius 3 is 2.33 bits per heavy atom. The summed E-state index contributed by atoms with van der Waals surface area (Å²) in [5.74, 6) is 0.925. The van der Waals surface area contributed by atoms with Gasteiger partial charge in [0.05, 0.1) is 6.61 Å². The predicted molar refractivity (Wildman–Crippen MR) is 90.7 cm³/mol. The van der Waals surface area contributed by atoms with E-state index in [9.17, 15) is 5.11 Å². The molecule has 0 aromatic heterocycles. The molecule has 1 aromatic rings. The van der Waals surface area contributed by atoms with Crippen LogP contribution in [0.4, 0.5) is 0 Å². The Kier molecular flexibility index (Phi) is 9.10. The molecule has 0 fully saturated rings. The van der Waals surface area contributed by atoms with Crippen LogP contribution in [0.25, 0.3) is 5.76 Å². The highest BCUT2D eigenvalue weighted by Gasteiger charge is 1.97. The minimum absolute atomic E-state index is 0.0885. The van der Waals surface area contributed by atoms with Gasteiger partial charge in [0.1, 0.15) is 11.5 Å². The monoisotopic (exact) mass is 288 g/mol. The van der Waals surface area contributed by atoms with Crippen LogP contribution in [0.5, 0.6) is 5.75 Å². The zero-order valence-electron chi connectivity index (χ0n) is 13.2. The van der Waals surface area contributed by atoms with E-state index in [1.165, 1.54) is 32.1 Å². The standard InChI is InChI=1S/C19H28O2/c1-3-4-5-6-7-8-9-10-11-16-21-19-14-12-18(13-15-19)17(2)20/h8-9,12-15,20H,2-7,10-11,16H2,1H3/b9-8-. The second-order valence-electron chi connectivity index (χ2n) is 5.28. The van der Waals surface area contributed by atoms with Crippen LogP contribution >= 0.6 is 0 Å². The van der Waals surface area contributed by atoms with Gasteiger partial charge in [0, 0.05) is 5.56 Å². The van der Waals surface area contributed by atoms with Crippen molar-refractivity contribution >= 4 is 5.76 Å². The lowest BCUT2D eigenvalue weighted by Gasteiger charge is -2.06. The Labute approximate surface area is 129 Å². The molecule has 0 radical (unpaired) electrons. The molecule has 0 spiro atoms. The van der Waals surface area contributed by atoms with Crippen molar-refractivity contribution in [3.63, 3.8) is 0 Å². The minimum atomic E-state index is 0.0885. The fourth-order valence-electron chi connectivity index (χ4n) is 2.06. The first-order valence-corrected chi connectivity index (χ1v) is 8.00. The second-order valence-corrected chi connectivity index (χ2v) is 5.28. The number of benzene rings is 1. The molecule has 0 aliphatic rings. The van der Waals surface area contributed by atoms with Crippen molar-refractivity contribution in [3.8, 4) is 5.75 Å². The summed E-state index contributed by atoms with van der Waals surface area (Å²) in [6.07, 6.45) is 13.2. The Morgan fingerprint density at radius 1 is 1.05 bits per heavy atom. The topological polar surface area (TPSA) is 29.5 Å². The quantitative estimate of drug-likeness (QED) is 0.312. The van der Waals surface area contributed by atoms with Gasteiger partial charge in [0.25, 0.3) is 0 Å². The van der Waals surface area contributed by atoms with Crippen molar-refractivity contribution in [2.45, 2.75) is 51.9 Å². The van der Waals surface area contributed by atoms with Crippen molar-refractivity contribution in [2.24, 2.45) is 0 Å². The van der Waals surface area contributed by atoms with Crippen molar-refractivity contribution < 1.29 is 9.84 Å². The number of ether oxygens (including phenoxy) is 1. The van der Waals surface area contributed by atoms with Crippen molar-refractivity contribution in [2.75, 3.05) is 6.61 Å². The maximum atomic E-state index is 9.24. The summed E-state index contributed by atoms with van der Waals surface area (Å²) in [5, 5.41) is 9.24. The van der Waals surface area contributed by atoms with Crippen LogP contribution in [0.2, 0.25) is 0 Å². The summed E-state index contributed by atoms with van der Waals surface area (Å²) in [6.45, 7) is 6.45. The van der Waals surface area contributed by atoms with E-state index in [1.54, 1.807) is 0 Å². The molecule has 1 N–H and O–H groups in total. The Morgan fingerprint density at radius 2 is 1.71 bits per heavy atom. The van der Waals surface area contributed by atoms with Crippen LogP contribution in [-0.4, -0.2) is 11.7 Å². The van der Waals surface area contributed by atoms with Crippen molar-refractivity contribution in [1.29, 1.82) is 0 Å². The Balaban J connectivity index is 2.06. The lowest BCUT2D eigenvalue weighted by molar-refractivity contribution is 0.312. The van der Waals surface area contributed by atoms with Gasteiger partial charge in [0.15, 0.2) is 0 Å². The summed E-state index contributed by atoms with van der Waals surface area (Å²) < 4.78 is 5.66. The van der Waals surface area contributed by atoms with Crippen LogP contribution in [0.3, 0.4) is 0 Å². The van der Waals surface area contributed by atoms with Crippen molar-refractivity contribution in [1.82, 2.24) is 0 Å². The molecule has 0 saturated carbocycles. The van der Waals surface area contributed by atoms with E-state index < -0.39 is 0 Å². The summed E-state index contributed by atoms with van der Waals surface area (Å²) in [4.78, 5) is 0. The third-order valence-electron chi connectivity index (χ3n) is 3.36. The van der Waals surface area contributed by atoms with E-state index in [0.717, 1.165) is 30.8 Å². The van der Waals surface area contributed by atoms with Crippen LogP contribution in [0.1, 0.15) is 57.4 Å². The van der Waals surface area contributed by atoms with Crippen molar-refractivity contribution in [3.05, 3.63) is 48.6 Å². The van der Waals surface area contributed by atoms with Gasteiger partial charge in [-0.25, -0.2) is 0 Å². The zero-order valence-corrected chi connectivity index (χ0v) is 13.2. The maximum Gasteiger partial charge on any atom is 0.119 e. The van der Waals surface area contributed by atoms with Crippen LogP contribution in [0.15, 0.2) is 43.0 Å². The average molecular weight is 288 g/mol. The normalized spacial score (nSPS) is 10.9. The molecule has 0 aliphatic heterocycles. The number of allylic oxidation sites excluding steroid dienone is 2. The van der Waals surface area contributed by atoms with E-state index in [1.807, 2.05) is 24.3 Å². The third-order valence-corrected chi connectivity index (χ3v) is 3.36. The molecule has 0 heterocycles. The van der Waals surface area contributed by atoms with Crippen LogP contribution in [0, 0.1) is 0 Å². The highest BCUT2D eigenvalue weighted by molar-refractivity contribution is 5.56. The largest absolute Gasteiger partial charge is 0.508 e. The van der Waals surface area contributed by atoms with Gasteiger partial charge in [0.2, 0.25) is 0 Å². The molecule has 0 aliphatic carbocycles. The smallest absolute Gasteiger partial charge is 0.119 e. The fourth-order valence-corrected chi connectivity index (χ4v) is 2.06. The molecule has 21 heavy (non-hydrogen) atoms. The van der Waals surface area contributed by atoms with E-state index in [4.69, 9.17) is 4.74 Å². The maximum absolute atomic E-state index is 9.24. The second kappa shape index (κ2) is 11.0. The molecule has 0 amide bonds. The molecular formula is C19H28O2. The van der Waals surface area contributed by atoms with Gasteiger partial charge in [-0.1, -0.05) is 44.9 Å². The first kappa shape index (κ1) is 17.4. The lowest BCUT2D eigenvalue weighted by Crippen LogP contribution is -1.96. The van der Waals surface area contributed by atoms with Gasteiger partial charge in [-0.15, -0.1) is 0 Å². The summed E-state index contributed by atoms with van der Waals surface area (Å²) in [6, 6.07) is 7.35. The van der Waals surface area contributed by atoms with Gasteiger partial charge in [-0.05, 0) is 49.9 Å². The summed E-state index contributed by atoms with van der Waals surface area (Å²) in [5.41, 5.74) is 0.730. The molecule has 1 aromatic carbocycles. The molecule has 1 rings (SSSR count). The summed E-state index contributed by atoms with van der Waals surface area (Å²) >= 11 is 0. The van der Waals surface area contributed by atoms with E-state index in [0.29, 0.717) is 0 Å². The zero-order chi connectivity index (χ0) is 15.3. The minimum Gasteiger partial charge on any atom is -0.508 e. The number of aliphatic hydroxyl groups is 1. The van der Waals surface area contributed by atoms with E-state index >= 15 is 0 Å². The first-order chi connectivity index (χ1) is 10.2. The number of rotatable bonds is 11. The Hall–Kier alpha value is -1.70. The number of hydrogen-bond acceptors (Lipinski definition) is 2. The van der Waals surface area contributed by atoms with E-state index in [2.05, 4.69) is 25.7 Å². The highest BCUT2D eigenvalue weighted by atomic mass is 16.5. The molecule has 2 nitrogen and oxygen atoms in total. The highest BCUT2D eigenvalue weighted by Crippen LogP contribution is 2.16. The average Bonchev–Trinajstić information content (AvgIpc) is 2.49. The lowest BCUT2D eigenvalue weighted by atomic mass is 10.1. The van der Waals surface area contributed by atoms with Gasteiger partial charge >= 0.3 is 0 Å². The molecule has 0 saturated heterocycles. The number of aliphatic hydroxyl groups excluding tert-OH is 1. The molecule has 0 bridgehead atoms. The third kappa shape index (κ3) is 8.23. The van der Waals surface area contributed by atoms with Crippen LogP contribution < -0.4 is 4.74 Å². The first-order valence-electron chi connectivity index (χ1n) is 8.00. The van der Waals surface area contributed by atoms with Gasteiger partial charge in [-0.2, -0.15) is 0 Å². The molecular weight excluding hydrogens is 260 g/mol. The Bertz CT molecular complexity index is 418. The number of unbranched alkanes of at least 4 members (excludes halogenated alkanes) is 5. The molecule has 0 atom stereocenters. The molecule has 116 valence electrons. The SMILES string of the molecule is C=C(O)c1ccc(OCCC/C=C\CCCCCC)cc1. The predicted octanol–water partition coefficient (Wildman–Crippen LogP) is 5.90.